The number of benzene rings is 3. The maximum Gasteiger partial charge on any atom is 0.310 e. The number of carboxylic acid groups (broad SMARTS) is 1. The Morgan fingerprint density at radius 2 is 1.48 bits per heavy atom. The molecule has 0 aliphatic carbocycles. The second kappa shape index (κ2) is 8.78. The van der Waals surface area contributed by atoms with Crippen LogP contribution in [0.25, 0.3) is 0 Å². The van der Waals surface area contributed by atoms with Crippen molar-refractivity contribution in [3.8, 4) is 0 Å². The molecular weight excluding hydrogens is 410 g/mol. The zero-order valence-corrected chi connectivity index (χ0v) is 17.2. The number of carboxylic acids is 1. The molecule has 150 valence electrons. The Balaban J connectivity index is 2.04. The van der Waals surface area contributed by atoms with Gasteiger partial charge in [-0.15, -0.1) is 0 Å². The largest absolute Gasteiger partial charge is 0.481 e. The van der Waals surface area contributed by atoms with E-state index < -0.39 is 28.0 Å². The molecule has 0 amide bonds. The summed E-state index contributed by atoms with van der Waals surface area (Å²) in [6.07, 6.45) is 0. The highest BCUT2D eigenvalue weighted by Crippen LogP contribution is 2.27. The normalized spacial score (nSPS) is 13.6. The highest BCUT2D eigenvalue weighted by Gasteiger charge is 2.24. The molecule has 0 radical (unpaired) electrons. The standard InChI is InChI=1S/C22H20ClNO4S/c1-15(22(25)26)17-8-5-9-18(14-17)21(16-6-3-2-4-7-16)24-29(27,28)20-12-10-19(23)11-13-20/h2-15,21,24H,1H3,(H,25,26). The number of carbonyl (C=O) groups is 1. The highest BCUT2D eigenvalue weighted by molar-refractivity contribution is 7.89. The van der Waals surface area contributed by atoms with Gasteiger partial charge >= 0.3 is 5.97 Å². The van der Waals surface area contributed by atoms with Gasteiger partial charge in [0, 0.05) is 5.02 Å². The van der Waals surface area contributed by atoms with Crippen LogP contribution < -0.4 is 4.72 Å². The first-order valence-electron chi connectivity index (χ1n) is 8.93. The fraction of sp³-hybridized carbons (Fsp3) is 0.136. The van der Waals surface area contributed by atoms with Gasteiger partial charge in [-0.1, -0.05) is 66.2 Å². The van der Waals surface area contributed by atoms with Gasteiger partial charge in [0.05, 0.1) is 16.9 Å². The summed E-state index contributed by atoms with van der Waals surface area (Å²) < 4.78 is 28.7. The van der Waals surface area contributed by atoms with E-state index in [4.69, 9.17) is 11.6 Å². The van der Waals surface area contributed by atoms with Gasteiger partial charge in [0.1, 0.15) is 0 Å². The molecule has 7 heteroatoms. The van der Waals surface area contributed by atoms with Crippen LogP contribution in [-0.2, 0) is 14.8 Å². The van der Waals surface area contributed by atoms with Crippen molar-refractivity contribution >= 4 is 27.6 Å². The Morgan fingerprint density at radius 1 is 0.897 bits per heavy atom. The number of aliphatic carboxylic acids is 1. The Bertz CT molecular complexity index is 1100. The van der Waals surface area contributed by atoms with Crippen LogP contribution in [-0.4, -0.2) is 19.5 Å². The van der Waals surface area contributed by atoms with Crippen LogP contribution in [0, 0.1) is 0 Å². The molecule has 3 aromatic carbocycles. The third kappa shape index (κ3) is 5.03. The maximum absolute atomic E-state index is 13.0. The minimum atomic E-state index is -3.85. The molecular formula is C22H20ClNO4S. The Morgan fingerprint density at radius 3 is 2.10 bits per heavy atom. The Hall–Kier alpha value is -2.67. The fourth-order valence-electron chi connectivity index (χ4n) is 2.96. The maximum atomic E-state index is 13.0. The van der Waals surface area contributed by atoms with E-state index in [1.165, 1.54) is 24.3 Å². The Labute approximate surface area is 175 Å². The smallest absolute Gasteiger partial charge is 0.310 e. The van der Waals surface area contributed by atoms with Gasteiger partial charge < -0.3 is 5.11 Å². The van der Waals surface area contributed by atoms with E-state index in [0.717, 1.165) is 5.56 Å². The summed E-state index contributed by atoms with van der Waals surface area (Å²) in [5.74, 6) is -1.65. The average molecular weight is 430 g/mol. The molecule has 2 atom stereocenters. The van der Waals surface area contributed by atoms with Crippen LogP contribution in [0.5, 0.6) is 0 Å². The first-order valence-corrected chi connectivity index (χ1v) is 10.8. The van der Waals surface area contributed by atoms with Crippen LogP contribution in [0.4, 0.5) is 0 Å². The van der Waals surface area contributed by atoms with Crippen molar-refractivity contribution < 1.29 is 18.3 Å². The number of nitrogens with one attached hydrogen (secondary N) is 1. The SMILES string of the molecule is CC(C(=O)O)c1cccc(C(NS(=O)(=O)c2ccc(Cl)cc2)c2ccccc2)c1. The molecule has 5 nitrogen and oxygen atoms in total. The van der Waals surface area contributed by atoms with E-state index in [0.29, 0.717) is 16.1 Å². The second-order valence-corrected chi connectivity index (χ2v) is 8.80. The average Bonchev–Trinajstić information content (AvgIpc) is 2.72. The summed E-state index contributed by atoms with van der Waals surface area (Å²) in [7, 11) is -3.85. The van der Waals surface area contributed by atoms with Crippen molar-refractivity contribution in [2.45, 2.75) is 23.8 Å². The van der Waals surface area contributed by atoms with Crippen molar-refractivity contribution in [3.63, 3.8) is 0 Å². The molecule has 0 spiro atoms. The quantitative estimate of drug-likeness (QED) is 0.575. The molecule has 0 aliphatic rings. The van der Waals surface area contributed by atoms with Crippen molar-refractivity contribution in [1.29, 1.82) is 0 Å². The molecule has 0 heterocycles. The lowest BCUT2D eigenvalue weighted by Crippen LogP contribution is -2.29. The summed E-state index contributed by atoms with van der Waals surface area (Å²) in [6, 6.07) is 21.3. The van der Waals surface area contributed by atoms with Gasteiger partial charge in [0.25, 0.3) is 0 Å². The zero-order chi connectivity index (χ0) is 21.0. The molecule has 0 bridgehead atoms. The third-order valence-electron chi connectivity index (χ3n) is 4.64. The molecule has 3 rings (SSSR count). The van der Waals surface area contributed by atoms with Crippen molar-refractivity contribution in [2.24, 2.45) is 0 Å². The molecule has 2 unspecified atom stereocenters. The van der Waals surface area contributed by atoms with Gasteiger partial charge in [0.2, 0.25) is 10.0 Å². The van der Waals surface area contributed by atoms with Gasteiger partial charge in [-0.05, 0) is 47.9 Å². The minimum absolute atomic E-state index is 0.0953. The molecule has 2 N–H and O–H groups in total. The minimum Gasteiger partial charge on any atom is -0.481 e. The van der Waals surface area contributed by atoms with Gasteiger partial charge in [-0.2, -0.15) is 4.72 Å². The fourth-order valence-corrected chi connectivity index (χ4v) is 4.30. The summed E-state index contributed by atoms with van der Waals surface area (Å²) in [6.45, 7) is 1.59. The molecule has 0 fully saturated rings. The molecule has 0 aliphatic heterocycles. The zero-order valence-electron chi connectivity index (χ0n) is 15.6. The number of rotatable bonds is 7. The first-order chi connectivity index (χ1) is 13.8. The molecule has 0 aromatic heterocycles. The van der Waals surface area contributed by atoms with E-state index in [-0.39, 0.29) is 4.90 Å². The predicted octanol–water partition coefficient (Wildman–Crippen LogP) is 4.60. The number of hydrogen-bond acceptors (Lipinski definition) is 3. The van der Waals surface area contributed by atoms with E-state index in [1.807, 2.05) is 30.3 Å². The predicted molar refractivity (Wildman–Crippen MR) is 113 cm³/mol. The summed E-state index contributed by atoms with van der Waals surface area (Å²) in [4.78, 5) is 11.5. The lowest BCUT2D eigenvalue weighted by Gasteiger charge is -2.21. The van der Waals surface area contributed by atoms with E-state index in [1.54, 1.807) is 31.2 Å². The first kappa shape index (κ1) is 21.0. The van der Waals surface area contributed by atoms with Gasteiger partial charge in [-0.3, -0.25) is 4.79 Å². The van der Waals surface area contributed by atoms with Crippen LogP contribution >= 0.6 is 11.6 Å². The lowest BCUT2D eigenvalue weighted by molar-refractivity contribution is -0.138. The van der Waals surface area contributed by atoms with Crippen molar-refractivity contribution in [2.75, 3.05) is 0 Å². The molecule has 0 saturated carbocycles. The van der Waals surface area contributed by atoms with Gasteiger partial charge in [0.15, 0.2) is 0 Å². The van der Waals surface area contributed by atoms with Gasteiger partial charge in [-0.25, -0.2) is 8.42 Å². The lowest BCUT2D eigenvalue weighted by atomic mass is 9.94. The van der Waals surface area contributed by atoms with Crippen LogP contribution in [0.15, 0.2) is 83.8 Å². The number of hydrogen-bond donors (Lipinski definition) is 2. The number of sulfonamides is 1. The molecule has 0 saturated heterocycles. The van der Waals surface area contributed by atoms with Crippen molar-refractivity contribution in [3.05, 3.63) is 101 Å². The molecule has 3 aromatic rings. The second-order valence-electron chi connectivity index (χ2n) is 6.65. The van der Waals surface area contributed by atoms with E-state index in [9.17, 15) is 18.3 Å². The highest BCUT2D eigenvalue weighted by atomic mass is 35.5. The third-order valence-corrected chi connectivity index (χ3v) is 6.34. The van der Waals surface area contributed by atoms with E-state index >= 15 is 0 Å². The monoisotopic (exact) mass is 429 g/mol. The molecule has 29 heavy (non-hydrogen) atoms. The van der Waals surface area contributed by atoms with Crippen LogP contribution in [0.3, 0.4) is 0 Å². The summed E-state index contributed by atoms with van der Waals surface area (Å²) in [5.41, 5.74) is 1.99. The summed E-state index contributed by atoms with van der Waals surface area (Å²) >= 11 is 5.87. The van der Waals surface area contributed by atoms with Crippen LogP contribution in [0.1, 0.15) is 35.6 Å². The topological polar surface area (TPSA) is 83.5 Å². The van der Waals surface area contributed by atoms with E-state index in [2.05, 4.69) is 4.72 Å². The Kier molecular flexibility index (Phi) is 6.37. The van der Waals surface area contributed by atoms with Crippen LogP contribution in [0.2, 0.25) is 5.02 Å². The van der Waals surface area contributed by atoms with Crippen molar-refractivity contribution in [1.82, 2.24) is 4.72 Å². The number of halogens is 1. The summed E-state index contributed by atoms with van der Waals surface area (Å²) in [5, 5.41) is 9.76.